The molecule has 1 aliphatic rings. The van der Waals surface area contributed by atoms with E-state index in [9.17, 15) is 9.59 Å². The maximum atomic E-state index is 13.7. The number of para-hydroxylation sites is 2. The molecule has 8 heteroatoms. The van der Waals surface area contributed by atoms with Crippen molar-refractivity contribution in [2.24, 2.45) is 5.73 Å². The van der Waals surface area contributed by atoms with Crippen molar-refractivity contribution in [3.05, 3.63) is 59.4 Å². The smallest absolute Gasteiger partial charge is 0.254 e. The molecule has 0 saturated carbocycles. The van der Waals surface area contributed by atoms with Crippen molar-refractivity contribution < 1.29 is 9.59 Å². The van der Waals surface area contributed by atoms with Crippen LogP contribution in [0.25, 0.3) is 11.0 Å². The Morgan fingerprint density at radius 2 is 1.97 bits per heavy atom. The number of benzene rings is 2. The second-order valence-electron chi connectivity index (χ2n) is 9.30. The number of unbranched alkanes of at least 4 members (excludes halogenated alkanes) is 3. The molecular formula is C27H36N6O2. The predicted molar refractivity (Wildman–Crippen MR) is 139 cm³/mol. The van der Waals surface area contributed by atoms with E-state index in [2.05, 4.69) is 15.3 Å². The van der Waals surface area contributed by atoms with E-state index < -0.39 is 0 Å². The molecule has 0 bridgehead atoms. The number of aromatic nitrogens is 2. The number of nitrogens with one attached hydrogen (secondary N) is 2. The highest BCUT2D eigenvalue weighted by molar-refractivity contribution is 5.95. The number of amides is 2. The molecule has 4 N–H and O–H groups in total. The van der Waals surface area contributed by atoms with Gasteiger partial charge in [0.25, 0.3) is 5.91 Å². The second-order valence-corrected chi connectivity index (χ2v) is 9.30. The highest BCUT2D eigenvalue weighted by Crippen LogP contribution is 2.26. The first-order valence-electron chi connectivity index (χ1n) is 12.6. The summed E-state index contributed by atoms with van der Waals surface area (Å²) in [5, 5.41) is 3.35. The monoisotopic (exact) mass is 476 g/mol. The molecule has 0 fully saturated rings. The number of rotatable bonds is 10. The Kier molecular flexibility index (Phi) is 8.02. The molecule has 0 aliphatic carbocycles. The van der Waals surface area contributed by atoms with E-state index in [1.54, 1.807) is 4.90 Å². The maximum Gasteiger partial charge on any atom is 0.254 e. The number of likely N-dealkylation sites (N-methyl/N-ethyl adjacent to an activating group) is 1. The quantitative estimate of drug-likeness (QED) is 0.385. The highest BCUT2D eigenvalue weighted by Gasteiger charge is 2.27. The Labute approximate surface area is 206 Å². The van der Waals surface area contributed by atoms with Crippen LogP contribution in [0.4, 0.5) is 5.69 Å². The van der Waals surface area contributed by atoms with Crippen LogP contribution in [0.5, 0.6) is 0 Å². The Morgan fingerprint density at radius 3 is 2.74 bits per heavy atom. The normalized spacial score (nSPS) is 15.6. The molecule has 2 amide bonds. The molecule has 4 rings (SSSR count). The van der Waals surface area contributed by atoms with Crippen LogP contribution in [0, 0.1) is 0 Å². The molecule has 2 aromatic carbocycles. The third kappa shape index (κ3) is 5.82. The van der Waals surface area contributed by atoms with E-state index in [1.165, 1.54) is 0 Å². The second kappa shape index (κ2) is 11.4. The lowest BCUT2D eigenvalue weighted by Crippen LogP contribution is -2.37. The number of carbonyl (C=O) groups excluding carboxylic acids is 2. The molecule has 0 spiro atoms. The van der Waals surface area contributed by atoms with Crippen molar-refractivity contribution >= 4 is 28.5 Å². The van der Waals surface area contributed by atoms with Gasteiger partial charge in [0.2, 0.25) is 5.91 Å². The number of anilines is 1. The van der Waals surface area contributed by atoms with E-state index in [4.69, 9.17) is 5.73 Å². The molecule has 1 unspecified atom stereocenters. The average Bonchev–Trinajstić information content (AvgIpc) is 3.23. The minimum absolute atomic E-state index is 0.0302. The van der Waals surface area contributed by atoms with Crippen molar-refractivity contribution in [1.82, 2.24) is 19.8 Å². The molecule has 0 radical (unpaired) electrons. The van der Waals surface area contributed by atoms with E-state index in [-0.39, 0.29) is 17.9 Å². The van der Waals surface area contributed by atoms with Crippen LogP contribution in [0.1, 0.15) is 60.8 Å². The predicted octanol–water partition coefficient (Wildman–Crippen LogP) is 3.89. The van der Waals surface area contributed by atoms with Gasteiger partial charge in [-0.2, -0.15) is 0 Å². The van der Waals surface area contributed by atoms with Crippen molar-refractivity contribution in [1.29, 1.82) is 0 Å². The summed E-state index contributed by atoms with van der Waals surface area (Å²) in [6, 6.07) is 13.4. The molecule has 3 aromatic rings. The lowest BCUT2D eigenvalue weighted by molar-refractivity contribution is -0.131. The fraction of sp³-hybridized carbons (Fsp3) is 0.444. The minimum atomic E-state index is -0.249. The number of carbonyl (C=O) groups is 2. The van der Waals surface area contributed by atoms with Gasteiger partial charge in [-0.15, -0.1) is 0 Å². The molecular weight excluding hydrogens is 440 g/mol. The van der Waals surface area contributed by atoms with Gasteiger partial charge < -0.3 is 25.8 Å². The zero-order chi connectivity index (χ0) is 24.8. The number of imidazole rings is 1. The standard InChI is InChI=1S/C27H36N6O2/c1-3-21-27(35)32(2)17-20-16-19(12-13-22(20)29-21)26(34)33(15-9-5-4-8-14-28)18-25-30-23-10-6-7-11-24(23)31-25/h6-7,10-13,16,21,29H,3-5,8-9,14-15,17-18,28H2,1-2H3,(H,30,31). The third-order valence-electron chi connectivity index (χ3n) is 6.62. The van der Waals surface area contributed by atoms with Gasteiger partial charge in [-0.05, 0) is 61.7 Å². The van der Waals surface area contributed by atoms with Crippen LogP contribution in [0.15, 0.2) is 42.5 Å². The topological polar surface area (TPSA) is 107 Å². The Balaban J connectivity index is 1.56. The third-order valence-corrected chi connectivity index (χ3v) is 6.62. The van der Waals surface area contributed by atoms with Crippen LogP contribution in [-0.4, -0.2) is 57.8 Å². The summed E-state index contributed by atoms with van der Waals surface area (Å²) in [5.41, 5.74) is 9.98. The van der Waals surface area contributed by atoms with Crippen LogP contribution >= 0.6 is 0 Å². The molecule has 186 valence electrons. The zero-order valence-electron chi connectivity index (χ0n) is 20.7. The summed E-state index contributed by atoms with van der Waals surface area (Å²) >= 11 is 0. The van der Waals surface area contributed by atoms with Gasteiger partial charge in [-0.3, -0.25) is 9.59 Å². The van der Waals surface area contributed by atoms with E-state index in [0.717, 1.165) is 53.8 Å². The van der Waals surface area contributed by atoms with Gasteiger partial charge in [0.1, 0.15) is 11.9 Å². The van der Waals surface area contributed by atoms with Crippen LogP contribution in [0.2, 0.25) is 0 Å². The van der Waals surface area contributed by atoms with Crippen molar-refractivity contribution in [3.63, 3.8) is 0 Å². The lowest BCUT2D eigenvalue weighted by Gasteiger charge is -2.23. The summed E-state index contributed by atoms with van der Waals surface area (Å²) in [4.78, 5) is 37.9. The lowest BCUT2D eigenvalue weighted by atomic mass is 10.1. The Hall–Kier alpha value is -3.39. The first-order chi connectivity index (χ1) is 17.0. The largest absolute Gasteiger partial charge is 0.373 e. The van der Waals surface area contributed by atoms with Gasteiger partial charge in [0.15, 0.2) is 0 Å². The SMILES string of the molecule is CCC1Nc2ccc(C(=O)N(CCCCCCN)Cc3nc4ccccc4[nH]3)cc2CN(C)C1=O. The van der Waals surface area contributed by atoms with Gasteiger partial charge in [-0.1, -0.05) is 31.9 Å². The molecule has 1 aliphatic heterocycles. The van der Waals surface area contributed by atoms with Crippen LogP contribution < -0.4 is 11.1 Å². The summed E-state index contributed by atoms with van der Waals surface area (Å²) in [6.45, 7) is 4.22. The average molecular weight is 477 g/mol. The van der Waals surface area contributed by atoms with Gasteiger partial charge in [0.05, 0.1) is 17.6 Å². The van der Waals surface area contributed by atoms with Crippen molar-refractivity contribution in [2.45, 2.75) is 58.2 Å². The molecule has 8 nitrogen and oxygen atoms in total. The number of hydrogen-bond acceptors (Lipinski definition) is 5. The Morgan fingerprint density at radius 1 is 1.17 bits per heavy atom. The molecule has 0 saturated heterocycles. The number of nitrogens with two attached hydrogens (primary N) is 1. The molecule has 2 heterocycles. The number of fused-ring (bicyclic) bond motifs is 2. The Bertz CT molecular complexity index is 1140. The van der Waals surface area contributed by atoms with Crippen LogP contribution in [-0.2, 0) is 17.9 Å². The maximum absolute atomic E-state index is 13.7. The highest BCUT2D eigenvalue weighted by atomic mass is 16.2. The van der Waals surface area contributed by atoms with Crippen molar-refractivity contribution in [2.75, 3.05) is 25.5 Å². The summed E-state index contributed by atoms with van der Waals surface area (Å²) in [6.07, 6.45) is 4.71. The number of hydrogen-bond donors (Lipinski definition) is 3. The van der Waals surface area contributed by atoms with E-state index in [1.807, 2.05) is 61.3 Å². The molecule has 1 atom stereocenters. The zero-order valence-corrected chi connectivity index (χ0v) is 20.7. The van der Waals surface area contributed by atoms with Gasteiger partial charge in [0, 0.05) is 31.4 Å². The number of nitrogens with zero attached hydrogens (tertiary/aromatic N) is 3. The summed E-state index contributed by atoms with van der Waals surface area (Å²) < 4.78 is 0. The molecule has 1 aromatic heterocycles. The van der Waals surface area contributed by atoms with Crippen molar-refractivity contribution in [3.8, 4) is 0 Å². The minimum Gasteiger partial charge on any atom is -0.373 e. The van der Waals surface area contributed by atoms with E-state index in [0.29, 0.717) is 38.2 Å². The summed E-state index contributed by atoms with van der Waals surface area (Å²) in [7, 11) is 1.81. The number of aromatic amines is 1. The fourth-order valence-corrected chi connectivity index (χ4v) is 4.62. The van der Waals surface area contributed by atoms with E-state index >= 15 is 0 Å². The number of H-pyrrole nitrogens is 1. The van der Waals surface area contributed by atoms with Crippen LogP contribution in [0.3, 0.4) is 0 Å². The first-order valence-corrected chi connectivity index (χ1v) is 12.6. The molecule has 35 heavy (non-hydrogen) atoms. The first kappa shape index (κ1) is 24.7. The summed E-state index contributed by atoms with van der Waals surface area (Å²) in [5.74, 6) is 0.812. The fourth-order valence-electron chi connectivity index (χ4n) is 4.62. The van der Waals surface area contributed by atoms with Gasteiger partial charge >= 0.3 is 0 Å². The van der Waals surface area contributed by atoms with Gasteiger partial charge in [-0.25, -0.2) is 4.98 Å².